The topological polar surface area (TPSA) is 99.6 Å². The van der Waals surface area contributed by atoms with Crippen LogP contribution in [0.1, 0.15) is 62.4 Å². The first kappa shape index (κ1) is 25.4. The van der Waals surface area contributed by atoms with E-state index in [-0.39, 0.29) is 17.9 Å². The fourth-order valence-electron chi connectivity index (χ4n) is 8.81. The molecule has 3 atom stereocenters. The number of piperazine rings is 1. The molecular formula is C30H40N6O3. The number of imide groups is 1. The highest BCUT2D eigenvalue weighted by Gasteiger charge is 2.57. The number of nitrogens with one attached hydrogen (secondary N) is 2. The molecule has 2 aromatic rings. The lowest BCUT2D eigenvalue weighted by molar-refractivity contribution is -0.135. The van der Waals surface area contributed by atoms with Crippen molar-refractivity contribution in [1.29, 1.82) is 0 Å². The molecule has 6 fully saturated rings. The van der Waals surface area contributed by atoms with Gasteiger partial charge in [0, 0.05) is 57.8 Å². The summed E-state index contributed by atoms with van der Waals surface area (Å²) in [5.74, 6) is 2.69. The summed E-state index contributed by atoms with van der Waals surface area (Å²) in [6.07, 6.45) is 7.77. The summed E-state index contributed by atoms with van der Waals surface area (Å²) in [6, 6.07) is 5.14. The van der Waals surface area contributed by atoms with Crippen molar-refractivity contribution in [1.82, 2.24) is 30.0 Å². The molecule has 4 bridgehead atoms. The Balaban J connectivity index is 0.997. The number of rotatable bonds is 7. The first-order chi connectivity index (χ1) is 18.9. The maximum Gasteiger partial charge on any atom is 0.262 e. The SMILES string of the molecule is Cc1nc2cccc(CN3CCN(CCNC45CC6CC(CC4C6)C5)CC3)c2c(=O)n1C1CCC(=O)NC1=O. The smallest absolute Gasteiger partial charge is 0.262 e. The van der Waals surface area contributed by atoms with Gasteiger partial charge in [0.25, 0.3) is 5.56 Å². The largest absolute Gasteiger partial charge is 0.310 e. The van der Waals surface area contributed by atoms with E-state index in [0.29, 0.717) is 35.2 Å². The number of amides is 2. The Labute approximate surface area is 229 Å². The summed E-state index contributed by atoms with van der Waals surface area (Å²) >= 11 is 0. The van der Waals surface area contributed by atoms with Gasteiger partial charge in [-0.15, -0.1) is 0 Å². The van der Waals surface area contributed by atoms with Crippen molar-refractivity contribution in [2.24, 2.45) is 17.8 Å². The van der Waals surface area contributed by atoms with E-state index in [4.69, 9.17) is 4.98 Å². The Bertz CT molecular complexity index is 1350. The van der Waals surface area contributed by atoms with Crippen LogP contribution in [0.5, 0.6) is 0 Å². The number of piperidine rings is 1. The van der Waals surface area contributed by atoms with Crippen LogP contribution in [-0.2, 0) is 16.1 Å². The zero-order valence-corrected chi connectivity index (χ0v) is 23.0. The number of fused-ring (bicyclic) bond motifs is 1. The normalized spacial score (nSPS) is 32.8. The number of carbonyl (C=O) groups excluding carboxylic acids is 2. The highest BCUT2D eigenvalue weighted by Crippen LogP contribution is 2.60. The van der Waals surface area contributed by atoms with Crippen molar-refractivity contribution < 1.29 is 9.59 Å². The number of aryl methyl sites for hydroxylation is 1. The van der Waals surface area contributed by atoms with Gasteiger partial charge in [-0.25, -0.2) is 4.98 Å². The zero-order chi connectivity index (χ0) is 26.7. The maximum atomic E-state index is 13.7. The molecule has 2 saturated heterocycles. The zero-order valence-electron chi connectivity index (χ0n) is 23.0. The third kappa shape index (κ3) is 4.52. The third-order valence-electron chi connectivity index (χ3n) is 10.5. The van der Waals surface area contributed by atoms with Gasteiger partial charge in [0.1, 0.15) is 11.9 Å². The number of benzene rings is 1. The van der Waals surface area contributed by atoms with Crippen LogP contribution in [0, 0.1) is 24.7 Å². The van der Waals surface area contributed by atoms with E-state index in [2.05, 4.69) is 20.4 Å². The van der Waals surface area contributed by atoms with Gasteiger partial charge in [-0.2, -0.15) is 0 Å². The fourth-order valence-corrected chi connectivity index (χ4v) is 8.81. The number of carbonyl (C=O) groups is 2. The van der Waals surface area contributed by atoms with Crippen LogP contribution < -0.4 is 16.2 Å². The fraction of sp³-hybridized carbons (Fsp3) is 0.667. The summed E-state index contributed by atoms with van der Waals surface area (Å²) < 4.78 is 1.49. The van der Waals surface area contributed by atoms with Crippen LogP contribution in [0.3, 0.4) is 0 Å². The van der Waals surface area contributed by atoms with Crippen molar-refractivity contribution in [3.8, 4) is 0 Å². The summed E-state index contributed by atoms with van der Waals surface area (Å²) in [4.78, 5) is 47.6. The second-order valence-corrected chi connectivity index (χ2v) is 12.9. The van der Waals surface area contributed by atoms with Crippen LogP contribution in [0.2, 0.25) is 0 Å². The van der Waals surface area contributed by atoms with Crippen molar-refractivity contribution in [2.75, 3.05) is 39.3 Å². The van der Waals surface area contributed by atoms with Crippen LogP contribution >= 0.6 is 0 Å². The van der Waals surface area contributed by atoms with E-state index in [1.54, 1.807) is 6.92 Å². The minimum atomic E-state index is -0.702. The lowest BCUT2D eigenvalue weighted by Crippen LogP contribution is -2.52. The molecule has 9 heteroatoms. The maximum absolute atomic E-state index is 13.7. The average Bonchev–Trinajstić information content (AvgIpc) is 3.29. The lowest BCUT2D eigenvalue weighted by Gasteiger charge is -2.37. The second-order valence-electron chi connectivity index (χ2n) is 12.9. The van der Waals surface area contributed by atoms with Crippen molar-refractivity contribution >= 4 is 22.7 Å². The molecule has 6 aliphatic rings. The molecular weight excluding hydrogens is 492 g/mol. The Morgan fingerprint density at radius 1 is 1.03 bits per heavy atom. The molecule has 1 aromatic carbocycles. The summed E-state index contributed by atoms with van der Waals surface area (Å²) in [5.41, 5.74) is 1.88. The van der Waals surface area contributed by atoms with E-state index < -0.39 is 11.9 Å². The highest BCUT2D eigenvalue weighted by molar-refractivity contribution is 5.99. The van der Waals surface area contributed by atoms with Gasteiger partial charge in [-0.3, -0.25) is 34.1 Å². The minimum Gasteiger partial charge on any atom is -0.310 e. The monoisotopic (exact) mass is 532 g/mol. The molecule has 4 aliphatic carbocycles. The molecule has 1 aromatic heterocycles. The molecule has 208 valence electrons. The Morgan fingerprint density at radius 2 is 1.77 bits per heavy atom. The molecule has 8 rings (SSSR count). The molecule has 9 nitrogen and oxygen atoms in total. The molecule has 39 heavy (non-hydrogen) atoms. The number of hydrogen-bond acceptors (Lipinski definition) is 7. The molecule has 0 radical (unpaired) electrons. The van der Waals surface area contributed by atoms with Crippen molar-refractivity contribution in [3.05, 3.63) is 39.9 Å². The average molecular weight is 533 g/mol. The predicted molar refractivity (Wildman–Crippen MR) is 148 cm³/mol. The first-order valence-corrected chi connectivity index (χ1v) is 14.9. The molecule has 2 N–H and O–H groups in total. The summed E-state index contributed by atoms with van der Waals surface area (Å²) in [6.45, 7) is 8.64. The van der Waals surface area contributed by atoms with Gasteiger partial charge in [0.2, 0.25) is 11.8 Å². The van der Waals surface area contributed by atoms with Gasteiger partial charge >= 0.3 is 0 Å². The van der Waals surface area contributed by atoms with Gasteiger partial charge in [-0.05, 0) is 74.8 Å². The predicted octanol–water partition coefficient (Wildman–Crippen LogP) is 1.97. The van der Waals surface area contributed by atoms with E-state index in [1.165, 1.54) is 36.7 Å². The van der Waals surface area contributed by atoms with E-state index in [0.717, 1.165) is 62.6 Å². The van der Waals surface area contributed by atoms with E-state index >= 15 is 0 Å². The van der Waals surface area contributed by atoms with Gasteiger partial charge in [0.15, 0.2) is 0 Å². The number of aromatic nitrogens is 2. The molecule has 2 amide bonds. The Morgan fingerprint density at radius 3 is 2.51 bits per heavy atom. The quantitative estimate of drug-likeness (QED) is 0.526. The van der Waals surface area contributed by atoms with Crippen LogP contribution in [0.15, 0.2) is 23.0 Å². The number of nitrogens with zero attached hydrogens (tertiary/aromatic N) is 4. The van der Waals surface area contributed by atoms with E-state index in [9.17, 15) is 14.4 Å². The Kier molecular flexibility index (Phi) is 6.36. The molecule has 4 saturated carbocycles. The Hall–Kier alpha value is -2.62. The third-order valence-corrected chi connectivity index (χ3v) is 10.5. The highest BCUT2D eigenvalue weighted by atomic mass is 16.2. The molecule has 2 aliphatic heterocycles. The molecule has 3 heterocycles. The minimum absolute atomic E-state index is 0.193. The standard InChI is InChI=1S/C30H40N6O3/c1-19-32-24-4-2-3-22(27(24)29(39)36(19)25-5-6-26(37)33-28(25)38)18-35-11-9-34(10-12-35)8-7-31-30-16-20-13-21(17-30)15-23(30)14-20/h2-4,20-21,23,25,31H,5-18H2,1H3,(H,33,37,38). The van der Waals surface area contributed by atoms with Gasteiger partial charge < -0.3 is 5.32 Å². The van der Waals surface area contributed by atoms with E-state index in [1.807, 2.05) is 18.2 Å². The second kappa shape index (κ2) is 9.78. The molecule has 0 spiro atoms. The van der Waals surface area contributed by atoms with Gasteiger partial charge in [0.05, 0.1) is 10.9 Å². The van der Waals surface area contributed by atoms with Crippen LogP contribution in [0.4, 0.5) is 0 Å². The van der Waals surface area contributed by atoms with Crippen LogP contribution in [0.25, 0.3) is 10.9 Å². The van der Waals surface area contributed by atoms with Gasteiger partial charge in [-0.1, -0.05) is 12.1 Å². The molecule has 3 unspecified atom stereocenters. The van der Waals surface area contributed by atoms with Crippen molar-refractivity contribution in [2.45, 2.75) is 70.0 Å². The summed E-state index contributed by atoms with van der Waals surface area (Å²) in [7, 11) is 0. The first-order valence-electron chi connectivity index (χ1n) is 14.9. The number of hydrogen-bond donors (Lipinski definition) is 2. The van der Waals surface area contributed by atoms with Crippen LogP contribution in [-0.4, -0.2) is 76.0 Å². The lowest BCUT2D eigenvalue weighted by atomic mass is 9.80. The van der Waals surface area contributed by atoms with Crippen molar-refractivity contribution in [3.63, 3.8) is 0 Å². The summed E-state index contributed by atoms with van der Waals surface area (Å²) in [5, 5.41) is 7.00.